The molecule has 10 heteroatoms. The number of pyridine rings is 1. The molecule has 0 aliphatic heterocycles. The summed E-state index contributed by atoms with van der Waals surface area (Å²) in [6.45, 7) is 0.276. The van der Waals surface area contributed by atoms with Crippen molar-refractivity contribution in [1.29, 1.82) is 0 Å². The first-order valence-corrected chi connectivity index (χ1v) is 9.73. The van der Waals surface area contributed by atoms with Gasteiger partial charge in [-0.3, -0.25) is 15.5 Å². The molecule has 0 spiro atoms. The Hall–Kier alpha value is -2.68. The van der Waals surface area contributed by atoms with E-state index >= 15 is 0 Å². The molecule has 0 saturated heterocycles. The number of ether oxygens (including phenoxy) is 1. The van der Waals surface area contributed by atoms with Gasteiger partial charge in [-0.1, -0.05) is 45.2 Å². The monoisotopic (exact) mass is 494 g/mol. The van der Waals surface area contributed by atoms with Crippen molar-refractivity contribution < 1.29 is 9.66 Å². The van der Waals surface area contributed by atoms with E-state index < -0.39 is 4.92 Å². The first kappa shape index (κ1) is 21.0. The van der Waals surface area contributed by atoms with Gasteiger partial charge in [0.15, 0.2) is 0 Å². The molecule has 0 fully saturated rings. The minimum absolute atomic E-state index is 0.0435. The summed E-state index contributed by atoms with van der Waals surface area (Å²) in [7, 11) is 0. The van der Waals surface area contributed by atoms with E-state index in [9.17, 15) is 10.1 Å². The van der Waals surface area contributed by atoms with Gasteiger partial charge < -0.3 is 4.74 Å². The lowest BCUT2D eigenvalue weighted by Gasteiger charge is -2.10. The molecule has 7 nitrogen and oxygen atoms in total. The second-order valence-corrected chi connectivity index (χ2v) is 7.45. The molecular weight excluding hydrogens is 483 g/mol. The number of hydrogen-bond acceptors (Lipinski definition) is 6. The van der Waals surface area contributed by atoms with Gasteiger partial charge in [0.2, 0.25) is 5.82 Å². The lowest BCUT2D eigenvalue weighted by molar-refractivity contribution is -0.384. The number of nitro groups is 1. The Labute approximate surface area is 184 Å². The zero-order valence-corrected chi connectivity index (χ0v) is 17.8. The summed E-state index contributed by atoms with van der Waals surface area (Å²) in [4.78, 5) is 14.4. The number of hydrazone groups is 1. The van der Waals surface area contributed by atoms with Crippen molar-refractivity contribution in [2.24, 2.45) is 5.10 Å². The molecule has 29 heavy (non-hydrogen) atoms. The maximum atomic E-state index is 11.0. The Balaban J connectivity index is 1.75. The Morgan fingerprint density at radius 3 is 2.79 bits per heavy atom. The fourth-order valence-electron chi connectivity index (χ4n) is 2.34. The van der Waals surface area contributed by atoms with Crippen LogP contribution in [0.3, 0.4) is 0 Å². The molecule has 0 unspecified atom stereocenters. The maximum absolute atomic E-state index is 11.0. The minimum atomic E-state index is -0.532. The summed E-state index contributed by atoms with van der Waals surface area (Å²) < 4.78 is 6.70. The average molecular weight is 496 g/mol. The van der Waals surface area contributed by atoms with E-state index in [1.165, 1.54) is 24.5 Å². The molecule has 0 bridgehead atoms. The Morgan fingerprint density at radius 1 is 1.21 bits per heavy atom. The van der Waals surface area contributed by atoms with Gasteiger partial charge in [-0.25, -0.2) is 4.98 Å². The molecule has 0 aliphatic rings. The largest absolute Gasteiger partial charge is 0.488 e. The summed E-state index contributed by atoms with van der Waals surface area (Å²) in [6, 6.07) is 13.5. The zero-order valence-electron chi connectivity index (χ0n) is 14.7. The minimum Gasteiger partial charge on any atom is -0.488 e. The lowest BCUT2D eigenvalue weighted by Crippen LogP contribution is -2.01. The topological polar surface area (TPSA) is 89.7 Å². The van der Waals surface area contributed by atoms with Gasteiger partial charge in [-0.15, -0.1) is 0 Å². The lowest BCUT2D eigenvalue weighted by atomic mass is 10.2. The number of nitrogens with zero attached hydrogens (tertiary/aromatic N) is 3. The number of nitrogens with one attached hydrogen (secondary N) is 1. The predicted octanol–water partition coefficient (Wildman–Crippen LogP) is 6.08. The van der Waals surface area contributed by atoms with Gasteiger partial charge in [0, 0.05) is 22.3 Å². The van der Waals surface area contributed by atoms with Crippen molar-refractivity contribution in [3.05, 3.63) is 90.5 Å². The third-order valence-corrected chi connectivity index (χ3v) is 4.94. The number of benzene rings is 2. The fraction of sp³-hybridized carbons (Fsp3) is 0.0526. The molecule has 1 aromatic heterocycles. The summed E-state index contributed by atoms with van der Waals surface area (Å²) in [5, 5.41) is 16.0. The molecule has 3 aromatic rings. The summed E-state index contributed by atoms with van der Waals surface area (Å²) >= 11 is 15.4. The van der Waals surface area contributed by atoms with Crippen LogP contribution in [0.25, 0.3) is 0 Å². The molecule has 1 heterocycles. The highest BCUT2D eigenvalue weighted by atomic mass is 79.9. The van der Waals surface area contributed by atoms with Crippen molar-refractivity contribution >= 4 is 56.9 Å². The molecule has 0 saturated carbocycles. The van der Waals surface area contributed by atoms with Crippen LogP contribution in [-0.2, 0) is 6.61 Å². The van der Waals surface area contributed by atoms with Gasteiger partial charge in [-0.05, 0) is 42.0 Å². The van der Waals surface area contributed by atoms with Crippen molar-refractivity contribution in [2.45, 2.75) is 6.61 Å². The van der Waals surface area contributed by atoms with Gasteiger partial charge in [0.05, 0.1) is 21.2 Å². The van der Waals surface area contributed by atoms with Gasteiger partial charge in [0.1, 0.15) is 12.4 Å². The summed E-state index contributed by atoms with van der Waals surface area (Å²) in [6.07, 6.45) is 2.93. The number of rotatable bonds is 7. The van der Waals surface area contributed by atoms with Crippen molar-refractivity contribution in [2.75, 3.05) is 5.43 Å². The van der Waals surface area contributed by atoms with E-state index in [2.05, 4.69) is 31.4 Å². The van der Waals surface area contributed by atoms with Gasteiger partial charge >= 0.3 is 5.69 Å². The first-order chi connectivity index (χ1) is 13.9. The van der Waals surface area contributed by atoms with Crippen LogP contribution in [0.4, 0.5) is 11.5 Å². The normalized spacial score (nSPS) is 10.9. The Kier molecular flexibility index (Phi) is 7.03. The van der Waals surface area contributed by atoms with E-state index in [1.807, 2.05) is 18.2 Å². The molecule has 0 atom stereocenters. The smallest absolute Gasteiger partial charge is 0.313 e. The van der Waals surface area contributed by atoms with Crippen LogP contribution in [0.1, 0.15) is 11.1 Å². The summed E-state index contributed by atoms with van der Waals surface area (Å²) in [5.74, 6) is 0.613. The number of halogens is 3. The third-order valence-electron chi connectivity index (χ3n) is 3.71. The molecule has 0 aliphatic carbocycles. The average Bonchev–Trinajstić information content (AvgIpc) is 2.70. The zero-order chi connectivity index (χ0) is 20.8. The number of hydrogen-bond donors (Lipinski definition) is 1. The second-order valence-electron chi connectivity index (χ2n) is 5.72. The standard InChI is InChI=1S/C19H13BrCl2N4O3/c20-14-4-6-18(29-11-12-3-5-15(21)16(22)8-12)13(9-14)10-24-25-19-17(26(27)28)2-1-7-23-19/h1-10H,11H2,(H,23,25)/b24-10-. The fourth-order valence-corrected chi connectivity index (χ4v) is 3.03. The van der Waals surface area contributed by atoms with Crippen molar-refractivity contribution in [3.8, 4) is 5.75 Å². The molecule has 0 amide bonds. The second kappa shape index (κ2) is 9.69. The van der Waals surface area contributed by atoms with Gasteiger partial charge in [0.25, 0.3) is 0 Å². The van der Waals surface area contributed by atoms with E-state index in [1.54, 1.807) is 18.2 Å². The quantitative estimate of drug-likeness (QED) is 0.243. The Bertz CT molecular complexity index is 1080. The maximum Gasteiger partial charge on any atom is 0.313 e. The van der Waals surface area contributed by atoms with E-state index in [0.29, 0.717) is 21.4 Å². The van der Waals surface area contributed by atoms with E-state index in [-0.39, 0.29) is 18.1 Å². The molecular formula is C19H13BrCl2N4O3. The molecule has 148 valence electrons. The van der Waals surface area contributed by atoms with Crippen LogP contribution >= 0.6 is 39.1 Å². The first-order valence-electron chi connectivity index (χ1n) is 8.19. The molecule has 1 N–H and O–H groups in total. The van der Waals surface area contributed by atoms with Crippen LogP contribution in [0.5, 0.6) is 5.75 Å². The predicted molar refractivity (Wildman–Crippen MR) is 117 cm³/mol. The van der Waals surface area contributed by atoms with Crippen LogP contribution in [0.15, 0.2) is 64.3 Å². The SMILES string of the molecule is O=[N+]([O-])c1cccnc1N/N=C\c1cc(Br)ccc1OCc1ccc(Cl)c(Cl)c1. The third kappa shape index (κ3) is 5.66. The highest BCUT2D eigenvalue weighted by Crippen LogP contribution is 2.26. The van der Waals surface area contributed by atoms with E-state index in [4.69, 9.17) is 27.9 Å². The molecule has 2 aromatic carbocycles. The highest BCUT2D eigenvalue weighted by molar-refractivity contribution is 9.10. The van der Waals surface area contributed by atoms with Crippen LogP contribution in [0.2, 0.25) is 10.0 Å². The molecule has 0 radical (unpaired) electrons. The number of aromatic nitrogens is 1. The van der Waals surface area contributed by atoms with Crippen LogP contribution < -0.4 is 10.2 Å². The van der Waals surface area contributed by atoms with E-state index in [0.717, 1.165) is 10.0 Å². The van der Waals surface area contributed by atoms with Crippen molar-refractivity contribution in [1.82, 2.24) is 4.98 Å². The Morgan fingerprint density at radius 2 is 2.03 bits per heavy atom. The molecule has 3 rings (SSSR count). The summed E-state index contributed by atoms with van der Waals surface area (Å²) in [5.41, 5.74) is 3.93. The van der Waals surface area contributed by atoms with Crippen LogP contribution in [0, 0.1) is 10.1 Å². The number of anilines is 1. The van der Waals surface area contributed by atoms with Gasteiger partial charge in [-0.2, -0.15) is 5.10 Å². The highest BCUT2D eigenvalue weighted by Gasteiger charge is 2.13. The van der Waals surface area contributed by atoms with Crippen LogP contribution in [-0.4, -0.2) is 16.1 Å². The van der Waals surface area contributed by atoms with Crippen molar-refractivity contribution in [3.63, 3.8) is 0 Å².